The molecule has 1 aromatic carbocycles. The van der Waals surface area contributed by atoms with Gasteiger partial charge in [-0.25, -0.2) is 9.37 Å². The summed E-state index contributed by atoms with van der Waals surface area (Å²) in [4.78, 5) is 4.54. The molecule has 3 aromatic heterocycles. The first kappa shape index (κ1) is 21.9. The number of ether oxygens (including phenoxy) is 1. The van der Waals surface area contributed by atoms with Gasteiger partial charge in [0, 0.05) is 40.4 Å². The van der Waals surface area contributed by atoms with Crippen LogP contribution in [0.4, 0.5) is 4.39 Å². The average molecular weight is 470 g/mol. The Labute approximate surface area is 195 Å². The average Bonchev–Trinajstić information content (AvgIpc) is 3.48. The number of H-pyrrole nitrogens is 1. The third-order valence-corrected chi connectivity index (χ3v) is 6.96. The molecule has 0 radical (unpaired) electrons. The van der Waals surface area contributed by atoms with Crippen LogP contribution in [0, 0.1) is 5.82 Å². The molecule has 0 amide bonds. The van der Waals surface area contributed by atoms with Crippen molar-refractivity contribution >= 4 is 22.6 Å². The van der Waals surface area contributed by atoms with Crippen LogP contribution in [0.5, 0.6) is 5.75 Å². The number of aromatic nitrogens is 5. The zero-order valence-corrected chi connectivity index (χ0v) is 19.2. The van der Waals surface area contributed by atoms with Crippen molar-refractivity contribution in [3.63, 3.8) is 0 Å². The van der Waals surface area contributed by atoms with Crippen LogP contribution in [0.3, 0.4) is 0 Å². The highest BCUT2D eigenvalue weighted by molar-refractivity contribution is 6.31. The van der Waals surface area contributed by atoms with E-state index in [1.165, 1.54) is 13.2 Å². The van der Waals surface area contributed by atoms with E-state index in [1.807, 2.05) is 30.1 Å². The van der Waals surface area contributed by atoms with Crippen molar-refractivity contribution in [1.29, 1.82) is 0 Å². The topological polar surface area (TPSA) is 88.9 Å². The fourth-order valence-corrected chi connectivity index (χ4v) is 5.01. The second kappa shape index (κ2) is 8.76. The highest BCUT2D eigenvalue weighted by Gasteiger charge is 2.25. The highest BCUT2D eigenvalue weighted by Crippen LogP contribution is 2.40. The van der Waals surface area contributed by atoms with Gasteiger partial charge < -0.3 is 9.84 Å². The summed E-state index contributed by atoms with van der Waals surface area (Å²) < 4.78 is 21.7. The number of aliphatic hydroxyl groups is 1. The molecule has 1 aliphatic carbocycles. The van der Waals surface area contributed by atoms with Gasteiger partial charge >= 0.3 is 0 Å². The standard InChI is InChI=1S/C24H25ClFN5O2/c1-13(21-20(33-2)8-7-19(26)22(21)25)23-18-9-14(10-27-24(18)30-29-23)15-11-28-31(12-15)16-3-5-17(32)6-4-16/h7-13,16-17,32H,3-6H2,1-2H3,(H,27,29,30)/t13-,16?,17?/m1/s1. The minimum Gasteiger partial charge on any atom is -0.496 e. The number of nitrogens with one attached hydrogen (secondary N) is 1. The molecule has 0 bridgehead atoms. The minimum absolute atomic E-state index is 0.0287. The van der Waals surface area contributed by atoms with Gasteiger partial charge in [0.25, 0.3) is 0 Å². The molecule has 5 rings (SSSR count). The molecule has 2 N–H and O–H groups in total. The van der Waals surface area contributed by atoms with Gasteiger partial charge in [0.1, 0.15) is 11.6 Å². The number of fused-ring (bicyclic) bond motifs is 1. The highest BCUT2D eigenvalue weighted by atomic mass is 35.5. The number of aromatic amines is 1. The Hall–Kier alpha value is -2.97. The predicted molar refractivity (Wildman–Crippen MR) is 124 cm³/mol. The summed E-state index contributed by atoms with van der Waals surface area (Å²) in [7, 11) is 1.53. The van der Waals surface area contributed by atoms with E-state index in [1.54, 1.807) is 12.3 Å². The van der Waals surface area contributed by atoms with Gasteiger partial charge in [0.2, 0.25) is 0 Å². The normalized spacial score (nSPS) is 19.7. The summed E-state index contributed by atoms with van der Waals surface area (Å²) >= 11 is 6.32. The summed E-state index contributed by atoms with van der Waals surface area (Å²) in [6, 6.07) is 5.18. The Morgan fingerprint density at radius 1 is 1.21 bits per heavy atom. The fourth-order valence-electron chi connectivity index (χ4n) is 4.69. The molecule has 9 heteroatoms. The molecule has 3 heterocycles. The molecule has 7 nitrogen and oxygen atoms in total. The molecule has 0 aliphatic heterocycles. The summed E-state index contributed by atoms with van der Waals surface area (Å²) in [6.45, 7) is 1.92. The molecule has 1 atom stereocenters. The lowest BCUT2D eigenvalue weighted by molar-refractivity contribution is 0.108. The quantitative estimate of drug-likeness (QED) is 0.416. The monoisotopic (exact) mass is 469 g/mol. The number of hydrogen-bond acceptors (Lipinski definition) is 5. The lowest BCUT2D eigenvalue weighted by Crippen LogP contribution is -2.21. The van der Waals surface area contributed by atoms with Crippen LogP contribution in [0.1, 0.15) is 55.8 Å². The van der Waals surface area contributed by atoms with Crippen LogP contribution in [-0.2, 0) is 0 Å². The number of nitrogens with zero attached hydrogens (tertiary/aromatic N) is 4. The van der Waals surface area contributed by atoms with Crippen LogP contribution in [0.15, 0.2) is 36.8 Å². The third-order valence-electron chi connectivity index (χ3n) is 6.58. The summed E-state index contributed by atoms with van der Waals surface area (Å²) in [5.41, 5.74) is 3.76. The van der Waals surface area contributed by atoms with Gasteiger partial charge in [-0.1, -0.05) is 18.5 Å². The first-order valence-electron chi connectivity index (χ1n) is 11.0. The Bertz CT molecular complexity index is 1300. The third kappa shape index (κ3) is 3.98. The van der Waals surface area contributed by atoms with Crippen LogP contribution in [0.25, 0.3) is 22.2 Å². The van der Waals surface area contributed by atoms with Crippen molar-refractivity contribution in [3.8, 4) is 16.9 Å². The number of methoxy groups -OCH3 is 1. The van der Waals surface area contributed by atoms with E-state index in [4.69, 9.17) is 16.3 Å². The number of pyridine rings is 1. The summed E-state index contributed by atoms with van der Waals surface area (Å²) in [5.74, 6) is -0.320. The molecule has 0 unspecified atom stereocenters. The molecule has 1 fully saturated rings. The lowest BCUT2D eigenvalue weighted by Gasteiger charge is -2.25. The Morgan fingerprint density at radius 2 is 2.00 bits per heavy atom. The second-order valence-electron chi connectivity index (χ2n) is 8.60. The first-order valence-corrected chi connectivity index (χ1v) is 11.4. The maximum Gasteiger partial charge on any atom is 0.155 e. The maximum absolute atomic E-state index is 14.2. The lowest BCUT2D eigenvalue weighted by atomic mass is 9.93. The number of benzene rings is 1. The van der Waals surface area contributed by atoms with Crippen molar-refractivity contribution in [3.05, 3.63) is 58.9 Å². The molecule has 0 saturated heterocycles. The summed E-state index contributed by atoms with van der Waals surface area (Å²) in [5, 5.41) is 22.6. The Kier molecular flexibility index (Phi) is 5.80. The van der Waals surface area contributed by atoms with Crippen molar-refractivity contribution in [2.24, 2.45) is 0 Å². The van der Waals surface area contributed by atoms with Gasteiger partial charge in [-0.15, -0.1) is 0 Å². The van der Waals surface area contributed by atoms with Gasteiger partial charge in [0.15, 0.2) is 5.65 Å². The molecule has 1 saturated carbocycles. The van der Waals surface area contributed by atoms with E-state index in [-0.39, 0.29) is 17.0 Å². The van der Waals surface area contributed by atoms with Gasteiger partial charge in [-0.3, -0.25) is 9.78 Å². The van der Waals surface area contributed by atoms with Crippen molar-refractivity contribution < 1.29 is 14.2 Å². The summed E-state index contributed by atoms with van der Waals surface area (Å²) in [6.07, 6.45) is 8.89. The molecule has 1 aliphatic rings. The number of aliphatic hydroxyl groups excluding tert-OH is 1. The van der Waals surface area contributed by atoms with Crippen LogP contribution < -0.4 is 4.74 Å². The van der Waals surface area contributed by atoms with Crippen molar-refractivity contribution in [2.75, 3.05) is 7.11 Å². The SMILES string of the molecule is COc1ccc(F)c(Cl)c1[C@@H](C)c1n[nH]c2ncc(-c3cnn(C4CCC(O)CC4)c3)cc12. The molecule has 0 spiro atoms. The number of halogens is 2. The zero-order valence-electron chi connectivity index (χ0n) is 18.4. The van der Waals surface area contributed by atoms with Crippen LogP contribution in [0.2, 0.25) is 5.02 Å². The van der Waals surface area contributed by atoms with E-state index in [9.17, 15) is 9.50 Å². The molecule has 4 aromatic rings. The van der Waals surface area contributed by atoms with E-state index in [2.05, 4.69) is 20.3 Å². The predicted octanol–water partition coefficient (Wildman–Crippen LogP) is 5.25. The van der Waals surface area contributed by atoms with E-state index in [0.29, 0.717) is 28.7 Å². The molecular formula is C24H25ClFN5O2. The van der Waals surface area contributed by atoms with E-state index >= 15 is 0 Å². The Balaban J connectivity index is 1.50. The molecule has 172 valence electrons. The van der Waals surface area contributed by atoms with E-state index in [0.717, 1.165) is 42.2 Å². The van der Waals surface area contributed by atoms with Crippen molar-refractivity contribution in [1.82, 2.24) is 25.0 Å². The van der Waals surface area contributed by atoms with Gasteiger partial charge in [-0.05, 0) is 43.9 Å². The number of rotatable bonds is 5. The zero-order chi connectivity index (χ0) is 23.1. The fraction of sp³-hybridized carbons (Fsp3) is 0.375. The largest absolute Gasteiger partial charge is 0.496 e. The Morgan fingerprint density at radius 3 is 2.76 bits per heavy atom. The van der Waals surface area contributed by atoms with Gasteiger partial charge in [-0.2, -0.15) is 10.2 Å². The molecule has 33 heavy (non-hydrogen) atoms. The van der Waals surface area contributed by atoms with Gasteiger partial charge in [0.05, 0.1) is 36.2 Å². The van der Waals surface area contributed by atoms with Crippen LogP contribution >= 0.6 is 11.6 Å². The van der Waals surface area contributed by atoms with Crippen molar-refractivity contribution in [2.45, 2.75) is 50.7 Å². The smallest absolute Gasteiger partial charge is 0.155 e. The van der Waals surface area contributed by atoms with E-state index < -0.39 is 5.82 Å². The second-order valence-corrected chi connectivity index (χ2v) is 8.98. The minimum atomic E-state index is -0.499. The maximum atomic E-state index is 14.2. The first-order chi connectivity index (χ1) is 16.0. The number of hydrogen-bond donors (Lipinski definition) is 2. The molecular weight excluding hydrogens is 445 g/mol. The van der Waals surface area contributed by atoms with Crippen LogP contribution in [-0.4, -0.2) is 43.3 Å².